The van der Waals surface area contributed by atoms with Gasteiger partial charge in [0, 0.05) is 0 Å². The van der Waals surface area contributed by atoms with Crippen LogP contribution in [0.15, 0.2) is 12.1 Å². The molecule has 116 valence electrons. The molecular formula is C19H29NO. The van der Waals surface area contributed by atoms with Crippen molar-refractivity contribution >= 4 is 0 Å². The van der Waals surface area contributed by atoms with Crippen molar-refractivity contribution in [2.24, 2.45) is 5.92 Å². The number of aromatic hydroxyl groups is 1. The molecule has 0 saturated heterocycles. The quantitative estimate of drug-likeness (QED) is 0.807. The Balaban J connectivity index is 3.67. The van der Waals surface area contributed by atoms with Crippen molar-refractivity contribution < 1.29 is 5.11 Å². The summed E-state index contributed by atoms with van der Waals surface area (Å²) < 4.78 is 0. The number of hydrogen-bond donors (Lipinski definition) is 1. The number of nitrogens with zero attached hydrogens (tertiary/aromatic N) is 1. The van der Waals surface area contributed by atoms with E-state index in [4.69, 9.17) is 0 Å². The van der Waals surface area contributed by atoms with Gasteiger partial charge in [-0.05, 0) is 33.4 Å². The topological polar surface area (TPSA) is 44.0 Å². The highest BCUT2D eigenvalue weighted by molar-refractivity contribution is 5.51. The van der Waals surface area contributed by atoms with Crippen LogP contribution in [0.2, 0.25) is 0 Å². The zero-order valence-electron chi connectivity index (χ0n) is 14.7. The highest BCUT2D eigenvalue weighted by atomic mass is 16.3. The van der Waals surface area contributed by atoms with Crippen LogP contribution in [0.3, 0.4) is 0 Å². The molecule has 1 aromatic rings. The van der Waals surface area contributed by atoms with Crippen LogP contribution in [0, 0.1) is 17.2 Å². The normalized spacial score (nSPS) is 14.1. The summed E-state index contributed by atoms with van der Waals surface area (Å²) in [5.41, 5.74) is 2.55. The van der Waals surface area contributed by atoms with Crippen molar-refractivity contribution in [3.63, 3.8) is 0 Å². The van der Waals surface area contributed by atoms with Crippen LogP contribution in [-0.2, 0) is 10.8 Å². The van der Waals surface area contributed by atoms with Crippen molar-refractivity contribution in [3.8, 4) is 11.8 Å². The summed E-state index contributed by atoms with van der Waals surface area (Å²) in [6, 6.07) is 6.44. The molecular weight excluding hydrogens is 258 g/mol. The molecule has 2 heteroatoms. The second kappa shape index (κ2) is 5.72. The molecule has 0 aliphatic carbocycles. The summed E-state index contributed by atoms with van der Waals surface area (Å²) in [6.45, 7) is 16.7. The largest absolute Gasteiger partial charge is 0.507 e. The van der Waals surface area contributed by atoms with E-state index in [-0.39, 0.29) is 22.7 Å². The van der Waals surface area contributed by atoms with E-state index in [0.717, 1.165) is 16.7 Å². The molecule has 0 aliphatic rings. The molecule has 1 atom stereocenters. The fourth-order valence-corrected chi connectivity index (χ4v) is 2.59. The van der Waals surface area contributed by atoms with E-state index in [2.05, 4.69) is 61.5 Å². The molecule has 1 rings (SSSR count). The van der Waals surface area contributed by atoms with Gasteiger partial charge < -0.3 is 5.11 Å². The second-order valence-electron chi connectivity index (χ2n) is 8.32. The van der Waals surface area contributed by atoms with E-state index in [1.165, 1.54) is 0 Å². The summed E-state index contributed by atoms with van der Waals surface area (Å²) in [6.07, 6.45) is 0. The molecule has 2 nitrogen and oxygen atoms in total. The molecule has 0 radical (unpaired) electrons. The molecule has 0 amide bonds. The van der Waals surface area contributed by atoms with Gasteiger partial charge in [0.05, 0.1) is 12.0 Å². The Morgan fingerprint density at radius 3 is 1.57 bits per heavy atom. The predicted octanol–water partition coefficient (Wildman–Crippen LogP) is 5.25. The minimum Gasteiger partial charge on any atom is -0.507 e. The van der Waals surface area contributed by atoms with Gasteiger partial charge in [-0.1, -0.05) is 67.5 Å². The molecule has 0 saturated carbocycles. The Morgan fingerprint density at radius 2 is 1.33 bits per heavy atom. The van der Waals surface area contributed by atoms with E-state index in [9.17, 15) is 10.4 Å². The monoisotopic (exact) mass is 287 g/mol. The maximum atomic E-state index is 10.7. The van der Waals surface area contributed by atoms with Gasteiger partial charge in [0.1, 0.15) is 5.75 Å². The highest BCUT2D eigenvalue weighted by Gasteiger charge is 2.28. The third-order valence-corrected chi connectivity index (χ3v) is 3.91. The SMILES string of the molecule is CC(C)C(C#N)c1cc(C(C)(C)C)c(O)c(C(C)(C)C)c1. The van der Waals surface area contributed by atoms with E-state index in [0.29, 0.717) is 5.75 Å². The van der Waals surface area contributed by atoms with Gasteiger partial charge in [0.25, 0.3) is 0 Å². The first-order valence-electron chi connectivity index (χ1n) is 7.67. The summed E-state index contributed by atoms with van der Waals surface area (Å²) in [4.78, 5) is 0. The second-order valence-corrected chi connectivity index (χ2v) is 8.32. The number of phenols is 1. The number of rotatable bonds is 2. The Kier molecular flexibility index (Phi) is 4.78. The fraction of sp³-hybridized carbons (Fsp3) is 0.632. The number of hydrogen-bond acceptors (Lipinski definition) is 2. The van der Waals surface area contributed by atoms with Crippen molar-refractivity contribution in [1.29, 1.82) is 5.26 Å². The van der Waals surface area contributed by atoms with E-state index < -0.39 is 0 Å². The van der Waals surface area contributed by atoms with Crippen LogP contribution in [0.4, 0.5) is 0 Å². The Bertz CT molecular complexity index is 515. The molecule has 1 aromatic carbocycles. The predicted molar refractivity (Wildman–Crippen MR) is 88.7 cm³/mol. The number of phenolic OH excluding ortho intramolecular Hbond substituents is 1. The molecule has 0 aliphatic heterocycles. The lowest BCUT2D eigenvalue weighted by Gasteiger charge is -2.29. The van der Waals surface area contributed by atoms with E-state index >= 15 is 0 Å². The van der Waals surface area contributed by atoms with Crippen LogP contribution in [0.5, 0.6) is 5.75 Å². The number of benzene rings is 1. The fourth-order valence-electron chi connectivity index (χ4n) is 2.59. The summed E-state index contributed by atoms with van der Waals surface area (Å²) in [5.74, 6) is 0.479. The average molecular weight is 287 g/mol. The van der Waals surface area contributed by atoms with Crippen molar-refractivity contribution in [1.82, 2.24) is 0 Å². The third kappa shape index (κ3) is 3.79. The smallest absolute Gasteiger partial charge is 0.123 e. The van der Waals surface area contributed by atoms with Crippen LogP contribution in [-0.4, -0.2) is 5.11 Å². The average Bonchev–Trinajstić information content (AvgIpc) is 2.28. The third-order valence-electron chi connectivity index (χ3n) is 3.91. The first kappa shape index (κ1) is 17.6. The van der Waals surface area contributed by atoms with Crippen LogP contribution >= 0.6 is 0 Å². The summed E-state index contributed by atoms with van der Waals surface area (Å²) in [5, 5.41) is 20.2. The molecule has 21 heavy (non-hydrogen) atoms. The molecule has 0 bridgehead atoms. The standard InChI is InChI=1S/C19H29NO/c1-12(2)14(11-20)13-9-15(18(3,4)5)17(21)16(10-13)19(6,7)8/h9-10,12,14,21H,1-8H3. The van der Waals surface area contributed by atoms with Crippen LogP contribution < -0.4 is 0 Å². The first-order valence-corrected chi connectivity index (χ1v) is 7.67. The lowest BCUT2D eigenvalue weighted by atomic mass is 9.76. The highest BCUT2D eigenvalue weighted by Crippen LogP contribution is 2.41. The van der Waals surface area contributed by atoms with Gasteiger partial charge in [0.2, 0.25) is 0 Å². The van der Waals surface area contributed by atoms with Gasteiger partial charge in [-0.25, -0.2) is 0 Å². The van der Waals surface area contributed by atoms with Gasteiger partial charge in [-0.2, -0.15) is 5.26 Å². The minimum atomic E-state index is -0.156. The minimum absolute atomic E-state index is 0.146. The maximum absolute atomic E-state index is 10.7. The van der Waals surface area contributed by atoms with E-state index in [1.54, 1.807) is 0 Å². The lowest BCUT2D eigenvalue weighted by Crippen LogP contribution is -2.19. The molecule has 0 heterocycles. The summed E-state index contributed by atoms with van der Waals surface area (Å²) >= 11 is 0. The zero-order valence-corrected chi connectivity index (χ0v) is 14.7. The lowest BCUT2D eigenvalue weighted by molar-refractivity contribution is 0.421. The van der Waals surface area contributed by atoms with Crippen molar-refractivity contribution in [3.05, 3.63) is 28.8 Å². The maximum Gasteiger partial charge on any atom is 0.123 e. The Morgan fingerprint density at radius 1 is 0.952 bits per heavy atom. The van der Waals surface area contributed by atoms with Gasteiger partial charge >= 0.3 is 0 Å². The van der Waals surface area contributed by atoms with E-state index in [1.807, 2.05) is 12.1 Å². The molecule has 0 aromatic heterocycles. The van der Waals surface area contributed by atoms with Crippen molar-refractivity contribution in [2.75, 3.05) is 0 Å². The molecule has 1 unspecified atom stereocenters. The zero-order chi connectivity index (χ0) is 16.6. The van der Waals surface area contributed by atoms with Gasteiger partial charge in [-0.15, -0.1) is 0 Å². The number of nitriles is 1. The van der Waals surface area contributed by atoms with Crippen LogP contribution in [0.1, 0.15) is 78.0 Å². The summed E-state index contributed by atoms with van der Waals surface area (Å²) in [7, 11) is 0. The first-order chi connectivity index (χ1) is 9.39. The Labute approximate surface area is 129 Å². The molecule has 0 fully saturated rings. The molecule has 1 N–H and O–H groups in total. The van der Waals surface area contributed by atoms with Crippen LogP contribution in [0.25, 0.3) is 0 Å². The van der Waals surface area contributed by atoms with Crippen molar-refractivity contribution in [2.45, 2.75) is 72.1 Å². The Hall–Kier alpha value is -1.49. The van der Waals surface area contributed by atoms with Gasteiger partial charge in [0.15, 0.2) is 0 Å². The van der Waals surface area contributed by atoms with Gasteiger partial charge in [-0.3, -0.25) is 0 Å². The molecule has 0 spiro atoms.